The zero-order chi connectivity index (χ0) is 15.4. The van der Waals surface area contributed by atoms with Gasteiger partial charge < -0.3 is 0 Å². The van der Waals surface area contributed by atoms with E-state index in [1.807, 2.05) is 18.6 Å². The third kappa shape index (κ3) is 1.83. The molecule has 23 heavy (non-hydrogen) atoms. The Morgan fingerprint density at radius 1 is 1.09 bits per heavy atom. The predicted molar refractivity (Wildman–Crippen MR) is 92.9 cm³/mol. The van der Waals surface area contributed by atoms with E-state index in [2.05, 4.69) is 56.1 Å². The SMILES string of the molecule is CSc1ncc2cnn([C@@H]3Cc4cccc5cccc3c45)c2n1. The Labute approximate surface area is 137 Å². The molecular weight excluding hydrogens is 304 g/mol. The highest BCUT2D eigenvalue weighted by Crippen LogP contribution is 2.39. The summed E-state index contributed by atoms with van der Waals surface area (Å²) in [6, 6.07) is 13.3. The van der Waals surface area contributed by atoms with Gasteiger partial charge in [-0.25, -0.2) is 14.6 Å². The minimum absolute atomic E-state index is 0.207. The van der Waals surface area contributed by atoms with E-state index in [0.717, 1.165) is 22.6 Å². The zero-order valence-electron chi connectivity index (χ0n) is 12.6. The summed E-state index contributed by atoms with van der Waals surface area (Å²) in [5.74, 6) is 0. The molecule has 0 amide bonds. The predicted octanol–water partition coefficient (Wildman–Crippen LogP) is 3.85. The third-order valence-electron chi connectivity index (χ3n) is 4.59. The number of thioether (sulfide) groups is 1. The molecule has 1 aliphatic carbocycles. The molecule has 2 aromatic carbocycles. The summed E-state index contributed by atoms with van der Waals surface area (Å²) >= 11 is 1.56. The molecule has 2 aromatic heterocycles. The summed E-state index contributed by atoms with van der Waals surface area (Å²) in [7, 11) is 0. The molecule has 112 valence electrons. The van der Waals surface area contributed by atoms with Crippen molar-refractivity contribution >= 4 is 33.6 Å². The second-order valence-electron chi connectivity index (χ2n) is 5.81. The van der Waals surface area contributed by atoms with Gasteiger partial charge in [-0.15, -0.1) is 0 Å². The zero-order valence-corrected chi connectivity index (χ0v) is 13.4. The number of fused-ring (bicyclic) bond motifs is 1. The highest BCUT2D eigenvalue weighted by Gasteiger charge is 2.27. The van der Waals surface area contributed by atoms with Crippen LogP contribution in [0.15, 0.2) is 53.9 Å². The van der Waals surface area contributed by atoms with Gasteiger partial charge in [0.25, 0.3) is 0 Å². The van der Waals surface area contributed by atoms with Gasteiger partial charge in [0.1, 0.15) is 0 Å². The first-order valence-electron chi connectivity index (χ1n) is 7.60. The first-order valence-corrected chi connectivity index (χ1v) is 8.82. The Hall–Kier alpha value is -2.40. The molecule has 0 radical (unpaired) electrons. The lowest BCUT2D eigenvalue weighted by atomic mass is 10.0. The number of hydrogen-bond donors (Lipinski definition) is 0. The van der Waals surface area contributed by atoms with Crippen molar-refractivity contribution in [3.05, 3.63) is 59.9 Å². The van der Waals surface area contributed by atoms with E-state index in [9.17, 15) is 0 Å². The number of aromatic nitrogens is 4. The monoisotopic (exact) mass is 318 g/mol. The van der Waals surface area contributed by atoms with Crippen LogP contribution in [-0.4, -0.2) is 26.0 Å². The molecule has 0 spiro atoms. The lowest BCUT2D eigenvalue weighted by Crippen LogP contribution is -2.11. The summed E-state index contributed by atoms with van der Waals surface area (Å²) in [4.78, 5) is 9.02. The Morgan fingerprint density at radius 3 is 2.83 bits per heavy atom. The summed E-state index contributed by atoms with van der Waals surface area (Å²) in [5.41, 5.74) is 3.65. The third-order valence-corrected chi connectivity index (χ3v) is 5.15. The Bertz CT molecular complexity index is 1050. The van der Waals surface area contributed by atoms with Crippen molar-refractivity contribution < 1.29 is 0 Å². The maximum atomic E-state index is 4.68. The first kappa shape index (κ1) is 13.1. The van der Waals surface area contributed by atoms with E-state index in [1.165, 1.54) is 21.9 Å². The lowest BCUT2D eigenvalue weighted by Gasteiger charge is -2.13. The van der Waals surface area contributed by atoms with Crippen molar-refractivity contribution in [2.24, 2.45) is 0 Å². The van der Waals surface area contributed by atoms with E-state index in [4.69, 9.17) is 0 Å². The van der Waals surface area contributed by atoms with Gasteiger partial charge in [0.05, 0.1) is 17.6 Å². The topological polar surface area (TPSA) is 43.6 Å². The van der Waals surface area contributed by atoms with E-state index in [-0.39, 0.29) is 6.04 Å². The molecule has 0 saturated carbocycles. The van der Waals surface area contributed by atoms with Crippen LogP contribution >= 0.6 is 11.8 Å². The van der Waals surface area contributed by atoms with Crippen molar-refractivity contribution in [1.82, 2.24) is 19.7 Å². The van der Waals surface area contributed by atoms with Gasteiger partial charge in [-0.3, -0.25) is 0 Å². The smallest absolute Gasteiger partial charge is 0.189 e. The van der Waals surface area contributed by atoms with Gasteiger partial charge in [0.15, 0.2) is 10.8 Å². The molecule has 0 saturated heterocycles. The molecule has 2 heterocycles. The van der Waals surface area contributed by atoms with Gasteiger partial charge in [0.2, 0.25) is 0 Å². The molecule has 0 bridgehead atoms. The second-order valence-corrected chi connectivity index (χ2v) is 6.58. The fourth-order valence-corrected chi connectivity index (χ4v) is 3.92. The second kappa shape index (κ2) is 4.80. The van der Waals surface area contributed by atoms with Crippen LogP contribution < -0.4 is 0 Å². The fourth-order valence-electron chi connectivity index (χ4n) is 3.58. The highest BCUT2D eigenvalue weighted by molar-refractivity contribution is 7.98. The minimum atomic E-state index is 0.207. The van der Waals surface area contributed by atoms with Crippen molar-refractivity contribution in [1.29, 1.82) is 0 Å². The summed E-state index contributed by atoms with van der Waals surface area (Å²) in [5, 5.41) is 9.09. The van der Waals surface area contributed by atoms with Crippen molar-refractivity contribution in [3.8, 4) is 0 Å². The van der Waals surface area contributed by atoms with Gasteiger partial charge >= 0.3 is 0 Å². The van der Waals surface area contributed by atoms with Gasteiger partial charge in [-0.2, -0.15) is 5.10 Å². The van der Waals surface area contributed by atoms with E-state index >= 15 is 0 Å². The maximum Gasteiger partial charge on any atom is 0.189 e. The van der Waals surface area contributed by atoms with Crippen molar-refractivity contribution in [3.63, 3.8) is 0 Å². The standard InChI is InChI=1S/C18H14N4S/c1-23-18-19-9-13-10-20-22(17(13)21-18)15-8-12-6-2-4-11-5-3-7-14(15)16(11)12/h2-7,9-10,15H,8H2,1H3/t15-/m1/s1. The Balaban J connectivity index is 1.74. The molecule has 1 atom stereocenters. The van der Waals surface area contributed by atoms with Crippen LogP contribution in [0.25, 0.3) is 21.8 Å². The number of benzene rings is 2. The Morgan fingerprint density at radius 2 is 1.96 bits per heavy atom. The van der Waals surface area contributed by atoms with Crippen molar-refractivity contribution in [2.45, 2.75) is 17.6 Å². The molecule has 1 aliphatic rings. The maximum absolute atomic E-state index is 4.68. The van der Waals surface area contributed by atoms with Gasteiger partial charge in [-0.1, -0.05) is 48.2 Å². The number of nitrogens with zero attached hydrogens (tertiary/aromatic N) is 4. The molecule has 0 aliphatic heterocycles. The minimum Gasteiger partial charge on any atom is -0.239 e. The van der Waals surface area contributed by atoms with Crippen LogP contribution in [0.5, 0.6) is 0 Å². The average molecular weight is 318 g/mol. The van der Waals surface area contributed by atoms with Crippen LogP contribution in [0.2, 0.25) is 0 Å². The first-order chi connectivity index (χ1) is 11.3. The van der Waals surface area contributed by atoms with Gasteiger partial charge in [0, 0.05) is 6.20 Å². The Kier molecular flexibility index (Phi) is 2.73. The average Bonchev–Trinajstić information content (AvgIpc) is 3.17. The van der Waals surface area contributed by atoms with E-state index in [1.54, 1.807) is 11.8 Å². The number of hydrogen-bond acceptors (Lipinski definition) is 4. The van der Waals surface area contributed by atoms with Crippen LogP contribution in [0, 0.1) is 0 Å². The molecule has 0 fully saturated rings. The van der Waals surface area contributed by atoms with E-state index in [0.29, 0.717) is 0 Å². The molecule has 5 rings (SSSR count). The lowest BCUT2D eigenvalue weighted by molar-refractivity contribution is 0.548. The largest absolute Gasteiger partial charge is 0.239 e. The normalized spacial score (nSPS) is 16.5. The van der Waals surface area contributed by atoms with Crippen LogP contribution in [0.4, 0.5) is 0 Å². The quantitative estimate of drug-likeness (QED) is 0.416. The van der Waals surface area contributed by atoms with Crippen molar-refractivity contribution in [2.75, 3.05) is 6.26 Å². The molecule has 4 aromatic rings. The van der Waals surface area contributed by atoms with E-state index < -0.39 is 0 Å². The summed E-state index contributed by atoms with van der Waals surface area (Å²) < 4.78 is 2.06. The molecule has 0 unspecified atom stereocenters. The van der Waals surface area contributed by atoms with Crippen LogP contribution in [0.1, 0.15) is 17.2 Å². The molecule has 5 heteroatoms. The van der Waals surface area contributed by atoms with Gasteiger partial charge in [-0.05, 0) is 34.6 Å². The van der Waals surface area contributed by atoms with Crippen LogP contribution in [-0.2, 0) is 6.42 Å². The summed E-state index contributed by atoms with van der Waals surface area (Å²) in [6.07, 6.45) is 6.68. The highest BCUT2D eigenvalue weighted by atomic mass is 32.2. The fraction of sp³-hybridized carbons (Fsp3) is 0.167. The molecule has 0 N–H and O–H groups in total. The summed E-state index contributed by atoms with van der Waals surface area (Å²) in [6.45, 7) is 0. The van der Waals surface area contributed by atoms with Crippen LogP contribution in [0.3, 0.4) is 0 Å². The molecular formula is C18H14N4S. The number of rotatable bonds is 2. The molecule has 4 nitrogen and oxygen atoms in total.